The summed E-state index contributed by atoms with van der Waals surface area (Å²) in [5.41, 5.74) is 6.78. The van der Waals surface area contributed by atoms with Crippen molar-refractivity contribution in [3.8, 4) is 0 Å². The van der Waals surface area contributed by atoms with Crippen molar-refractivity contribution in [1.29, 1.82) is 0 Å². The second-order valence-corrected chi connectivity index (χ2v) is 3.22. The fraction of sp³-hybridized carbons (Fsp3) is 0.222. The van der Waals surface area contributed by atoms with Crippen LogP contribution in [-0.4, -0.2) is 24.5 Å². The van der Waals surface area contributed by atoms with Gasteiger partial charge in [-0.3, -0.25) is 10.3 Å². The average Bonchev–Trinajstić information content (AvgIpc) is 2.04. The predicted octanol–water partition coefficient (Wildman–Crippen LogP) is 1.32. The molecule has 0 amide bonds. The normalized spacial score (nSPS) is 9.58. The van der Waals surface area contributed by atoms with Gasteiger partial charge in [0.1, 0.15) is 0 Å². The second-order valence-electron chi connectivity index (χ2n) is 2.79. The number of nitrogens with two attached hydrogens (primary N) is 1. The quantitative estimate of drug-likeness (QED) is 0.397. The van der Waals surface area contributed by atoms with E-state index >= 15 is 0 Å². The van der Waals surface area contributed by atoms with E-state index in [2.05, 4.69) is 0 Å². The lowest BCUT2D eigenvalue weighted by molar-refractivity contribution is -0.464. The topological polar surface area (TPSA) is 29.0 Å². The van der Waals surface area contributed by atoms with Crippen LogP contribution in [0.4, 0.5) is 0 Å². The minimum absolute atomic E-state index is 0.727. The average molecular weight is 184 g/mol. The molecule has 3 heteroatoms. The molecule has 0 aromatic heterocycles. The van der Waals surface area contributed by atoms with E-state index in [9.17, 15) is 0 Å². The number of hydrogen-bond acceptors (Lipinski definition) is 0. The third-order valence-electron chi connectivity index (χ3n) is 1.62. The Morgan fingerprint density at radius 3 is 2.17 bits per heavy atom. The number of hydrogen-bond donors (Lipinski definition) is 1. The van der Waals surface area contributed by atoms with E-state index < -0.39 is 0 Å². The molecule has 2 N–H and O–H groups in total. The molecule has 0 aliphatic heterocycles. The third kappa shape index (κ3) is 1.98. The number of benzene rings is 1. The molecule has 0 unspecified atom stereocenters. The molecule has 0 aliphatic rings. The lowest BCUT2D eigenvalue weighted by atomic mass is 10.2. The minimum atomic E-state index is 0.727. The molecule has 0 saturated carbocycles. The van der Waals surface area contributed by atoms with Crippen molar-refractivity contribution in [1.82, 2.24) is 0 Å². The number of halogens is 1. The monoisotopic (exact) mass is 183 g/mol. The SMILES string of the molecule is C[N+](C)=C(N)c1ccc(Cl)cc1. The third-order valence-corrected chi connectivity index (χ3v) is 1.87. The molecule has 1 aromatic rings. The van der Waals surface area contributed by atoms with Crippen molar-refractivity contribution in [3.63, 3.8) is 0 Å². The molecule has 1 rings (SSSR count). The molecule has 1 aromatic carbocycles. The highest BCUT2D eigenvalue weighted by Gasteiger charge is 2.03. The van der Waals surface area contributed by atoms with Gasteiger partial charge in [0.15, 0.2) is 0 Å². The van der Waals surface area contributed by atoms with E-state index in [1.54, 1.807) is 0 Å². The Bertz CT molecular complexity index is 297. The van der Waals surface area contributed by atoms with Gasteiger partial charge in [-0.15, -0.1) is 0 Å². The van der Waals surface area contributed by atoms with Crippen LogP contribution in [0.25, 0.3) is 0 Å². The summed E-state index contributed by atoms with van der Waals surface area (Å²) in [6, 6.07) is 7.45. The summed E-state index contributed by atoms with van der Waals surface area (Å²) in [6.07, 6.45) is 0. The predicted molar refractivity (Wildman–Crippen MR) is 51.9 cm³/mol. The van der Waals surface area contributed by atoms with Gasteiger partial charge in [0.25, 0.3) is 5.84 Å². The first-order valence-electron chi connectivity index (χ1n) is 3.67. The minimum Gasteiger partial charge on any atom is -0.287 e. The fourth-order valence-electron chi connectivity index (χ4n) is 0.879. The first-order valence-corrected chi connectivity index (χ1v) is 4.05. The smallest absolute Gasteiger partial charge is 0.274 e. The van der Waals surface area contributed by atoms with Crippen molar-refractivity contribution in [2.75, 3.05) is 14.1 Å². The van der Waals surface area contributed by atoms with Crippen molar-refractivity contribution in [2.45, 2.75) is 0 Å². The van der Waals surface area contributed by atoms with Gasteiger partial charge in [-0.25, -0.2) is 0 Å². The molecule has 0 atom stereocenters. The molecule has 0 heterocycles. The Balaban J connectivity index is 3.06. The van der Waals surface area contributed by atoms with Gasteiger partial charge < -0.3 is 0 Å². The second kappa shape index (κ2) is 3.59. The van der Waals surface area contributed by atoms with Gasteiger partial charge in [-0.2, -0.15) is 0 Å². The molecule has 0 radical (unpaired) electrons. The van der Waals surface area contributed by atoms with E-state index in [-0.39, 0.29) is 0 Å². The van der Waals surface area contributed by atoms with Crippen LogP contribution >= 0.6 is 11.6 Å². The van der Waals surface area contributed by atoms with Crippen LogP contribution in [0.3, 0.4) is 0 Å². The Morgan fingerprint density at radius 1 is 1.25 bits per heavy atom. The molecule has 0 fully saturated rings. The maximum Gasteiger partial charge on any atom is 0.274 e. The number of nitrogens with zero attached hydrogens (tertiary/aromatic N) is 1. The van der Waals surface area contributed by atoms with Crippen LogP contribution in [0, 0.1) is 0 Å². The van der Waals surface area contributed by atoms with Gasteiger partial charge in [-0.1, -0.05) is 11.6 Å². The van der Waals surface area contributed by atoms with Crippen molar-refractivity contribution < 1.29 is 4.58 Å². The van der Waals surface area contributed by atoms with E-state index in [1.165, 1.54) is 0 Å². The molecule has 2 nitrogen and oxygen atoms in total. The maximum absolute atomic E-state index is 5.79. The molecule has 64 valence electrons. The van der Waals surface area contributed by atoms with E-state index in [1.807, 2.05) is 42.9 Å². The van der Waals surface area contributed by atoms with Crippen molar-refractivity contribution in [3.05, 3.63) is 34.9 Å². The van der Waals surface area contributed by atoms with E-state index in [0.717, 1.165) is 16.4 Å². The van der Waals surface area contributed by atoms with Crippen molar-refractivity contribution >= 4 is 17.4 Å². The summed E-state index contributed by atoms with van der Waals surface area (Å²) < 4.78 is 1.86. The molecular formula is C9H12ClN2+. The Kier molecular flexibility index (Phi) is 2.71. The molecule has 0 saturated heterocycles. The summed E-state index contributed by atoms with van der Waals surface area (Å²) in [4.78, 5) is 0. The van der Waals surface area contributed by atoms with Gasteiger partial charge in [-0.05, 0) is 24.3 Å². The van der Waals surface area contributed by atoms with Gasteiger partial charge in [0.05, 0.1) is 19.7 Å². The van der Waals surface area contributed by atoms with E-state index in [4.69, 9.17) is 17.3 Å². The highest BCUT2D eigenvalue weighted by Crippen LogP contribution is 2.08. The zero-order valence-electron chi connectivity index (χ0n) is 7.21. The molecular weight excluding hydrogens is 172 g/mol. The van der Waals surface area contributed by atoms with Crippen LogP contribution in [0.2, 0.25) is 5.02 Å². The van der Waals surface area contributed by atoms with Crippen LogP contribution < -0.4 is 5.73 Å². The Labute approximate surface area is 77.3 Å². The lowest BCUT2D eigenvalue weighted by Gasteiger charge is -1.98. The number of rotatable bonds is 1. The van der Waals surface area contributed by atoms with Crippen LogP contribution in [0.5, 0.6) is 0 Å². The standard InChI is InChI=1S/C9H11ClN2/c1-12(2)9(11)7-3-5-8(10)6-4-7/h3-6,11H,1-2H3/p+1. The number of amidine groups is 1. The summed E-state index contributed by atoms with van der Waals surface area (Å²) >= 11 is 5.73. The molecule has 0 aliphatic carbocycles. The Hall–Kier alpha value is -1.02. The molecule has 0 bridgehead atoms. The van der Waals surface area contributed by atoms with Crippen molar-refractivity contribution in [2.24, 2.45) is 5.73 Å². The zero-order chi connectivity index (χ0) is 9.14. The summed E-state index contributed by atoms with van der Waals surface area (Å²) in [6.45, 7) is 0. The summed E-state index contributed by atoms with van der Waals surface area (Å²) in [5, 5.41) is 0.727. The van der Waals surface area contributed by atoms with Gasteiger partial charge in [0, 0.05) is 5.02 Å². The lowest BCUT2D eigenvalue weighted by Crippen LogP contribution is -2.23. The molecule has 12 heavy (non-hydrogen) atoms. The largest absolute Gasteiger partial charge is 0.287 e. The zero-order valence-corrected chi connectivity index (χ0v) is 7.97. The van der Waals surface area contributed by atoms with Crippen LogP contribution in [0.15, 0.2) is 24.3 Å². The fourth-order valence-corrected chi connectivity index (χ4v) is 1.00. The van der Waals surface area contributed by atoms with E-state index in [0.29, 0.717) is 0 Å². The van der Waals surface area contributed by atoms with Crippen LogP contribution in [-0.2, 0) is 0 Å². The first-order chi connectivity index (χ1) is 5.61. The van der Waals surface area contributed by atoms with Gasteiger partial charge >= 0.3 is 0 Å². The first kappa shape index (κ1) is 9.07. The summed E-state index contributed by atoms with van der Waals surface area (Å²) in [7, 11) is 3.81. The van der Waals surface area contributed by atoms with Gasteiger partial charge in [0.2, 0.25) is 0 Å². The highest BCUT2D eigenvalue weighted by molar-refractivity contribution is 6.30. The highest BCUT2D eigenvalue weighted by atomic mass is 35.5. The maximum atomic E-state index is 5.79. The molecule has 0 spiro atoms. The van der Waals surface area contributed by atoms with Crippen LogP contribution in [0.1, 0.15) is 5.56 Å². The summed E-state index contributed by atoms with van der Waals surface area (Å²) in [5.74, 6) is 0.742. The Morgan fingerprint density at radius 2 is 1.75 bits per heavy atom.